The standard InChI is InChI=1S/C11H15BrFN/c1-2-3-4-7-14-9-5-6-11(13)10(12)8-9/h5-6,8,14H,2-4,7H2,1H3. The molecular formula is C11H15BrFN. The van der Waals surface area contributed by atoms with Gasteiger partial charge in [0.25, 0.3) is 0 Å². The summed E-state index contributed by atoms with van der Waals surface area (Å²) in [5, 5.41) is 3.25. The molecule has 0 bridgehead atoms. The van der Waals surface area contributed by atoms with E-state index in [1.807, 2.05) is 0 Å². The first-order chi connectivity index (χ1) is 6.74. The lowest BCUT2D eigenvalue weighted by Crippen LogP contribution is -2.01. The third-order valence-electron chi connectivity index (χ3n) is 2.03. The van der Waals surface area contributed by atoms with Crippen LogP contribution in [0, 0.1) is 5.82 Å². The van der Waals surface area contributed by atoms with Crippen LogP contribution in [0.15, 0.2) is 22.7 Å². The first-order valence-corrected chi connectivity index (χ1v) is 5.72. The predicted octanol–water partition coefficient (Wildman–Crippen LogP) is 4.19. The highest BCUT2D eigenvalue weighted by Gasteiger charge is 1.99. The van der Waals surface area contributed by atoms with Crippen molar-refractivity contribution < 1.29 is 4.39 Å². The maximum atomic E-state index is 12.9. The summed E-state index contributed by atoms with van der Waals surface area (Å²) in [4.78, 5) is 0. The van der Waals surface area contributed by atoms with Gasteiger partial charge >= 0.3 is 0 Å². The molecule has 3 heteroatoms. The Labute approximate surface area is 92.8 Å². The van der Waals surface area contributed by atoms with Crippen LogP contribution in [0.1, 0.15) is 26.2 Å². The lowest BCUT2D eigenvalue weighted by molar-refractivity contribution is 0.621. The fourth-order valence-electron chi connectivity index (χ4n) is 1.21. The van der Waals surface area contributed by atoms with Gasteiger partial charge in [-0.15, -0.1) is 0 Å². The van der Waals surface area contributed by atoms with E-state index in [1.165, 1.54) is 18.9 Å². The Morgan fingerprint density at radius 3 is 2.79 bits per heavy atom. The maximum absolute atomic E-state index is 12.9. The number of halogens is 2. The second-order valence-electron chi connectivity index (χ2n) is 3.26. The van der Waals surface area contributed by atoms with E-state index >= 15 is 0 Å². The van der Waals surface area contributed by atoms with Crippen molar-refractivity contribution in [2.45, 2.75) is 26.2 Å². The van der Waals surface area contributed by atoms with Gasteiger partial charge in [0.05, 0.1) is 4.47 Å². The Hall–Kier alpha value is -0.570. The Kier molecular flexibility index (Phi) is 4.94. The van der Waals surface area contributed by atoms with Crippen LogP contribution >= 0.6 is 15.9 Å². The smallest absolute Gasteiger partial charge is 0.137 e. The van der Waals surface area contributed by atoms with E-state index in [2.05, 4.69) is 28.2 Å². The molecular weight excluding hydrogens is 245 g/mol. The molecule has 0 fully saturated rings. The number of hydrogen-bond acceptors (Lipinski definition) is 1. The van der Waals surface area contributed by atoms with Gasteiger partial charge in [-0.3, -0.25) is 0 Å². The van der Waals surface area contributed by atoms with E-state index < -0.39 is 0 Å². The van der Waals surface area contributed by atoms with Crippen LogP contribution in [0.25, 0.3) is 0 Å². The second kappa shape index (κ2) is 6.02. The van der Waals surface area contributed by atoms with Crippen LogP contribution in [0.2, 0.25) is 0 Å². The molecule has 0 aliphatic rings. The Morgan fingerprint density at radius 1 is 1.36 bits per heavy atom. The van der Waals surface area contributed by atoms with E-state index in [0.29, 0.717) is 4.47 Å². The molecule has 0 saturated carbocycles. The van der Waals surface area contributed by atoms with Crippen molar-refractivity contribution in [2.75, 3.05) is 11.9 Å². The van der Waals surface area contributed by atoms with Crippen molar-refractivity contribution in [1.29, 1.82) is 0 Å². The number of anilines is 1. The number of nitrogens with one attached hydrogen (secondary N) is 1. The first-order valence-electron chi connectivity index (χ1n) is 4.93. The van der Waals surface area contributed by atoms with Gasteiger partial charge in [0.1, 0.15) is 5.82 Å². The van der Waals surface area contributed by atoms with Gasteiger partial charge in [0.2, 0.25) is 0 Å². The number of benzene rings is 1. The monoisotopic (exact) mass is 259 g/mol. The highest BCUT2D eigenvalue weighted by atomic mass is 79.9. The van der Waals surface area contributed by atoms with Crippen LogP contribution < -0.4 is 5.32 Å². The van der Waals surface area contributed by atoms with Gasteiger partial charge < -0.3 is 5.32 Å². The van der Waals surface area contributed by atoms with Crippen LogP contribution in [0.3, 0.4) is 0 Å². The van der Waals surface area contributed by atoms with Crippen molar-refractivity contribution in [3.8, 4) is 0 Å². The summed E-state index contributed by atoms with van der Waals surface area (Å²) in [6.07, 6.45) is 3.61. The van der Waals surface area contributed by atoms with Gasteiger partial charge in [-0.2, -0.15) is 0 Å². The molecule has 1 aromatic carbocycles. The summed E-state index contributed by atoms with van der Waals surface area (Å²) in [6.45, 7) is 3.13. The summed E-state index contributed by atoms with van der Waals surface area (Å²) in [6, 6.07) is 4.99. The first kappa shape index (κ1) is 11.5. The summed E-state index contributed by atoms with van der Waals surface area (Å²) in [7, 11) is 0. The van der Waals surface area contributed by atoms with Crippen molar-refractivity contribution >= 4 is 21.6 Å². The average molecular weight is 260 g/mol. The van der Waals surface area contributed by atoms with Crippen LogP contribution in [0.4, 0.5) is 10.1 Å². The molecule has 0 atom stereocenters. The van der Waals surface area contributed by atoms with E-state index in [4.69, 9.17) is 0 Å². The minimum atomic E-state index is -0.218. The quantitative estimate of drug-likeness (QED) is 0.783. The normalized spacial score (nSPS) is 10.2. The minimum absolute atomic E-state index is 0.218. The largest absolute Gasteiger partial charge is 0.385 e. The molecule has 1 aromatic rings. The predicted molar refractivity (Wildman–Crippen MR) is 62.1 cm³/mol. The molecule has 1 N–H and O–H groups in total. The Morgan fingerprint density at radius 2 is 2.14 bits per heavy atom. The number of rotatable bonds is 5. The zero-order valence-corrected chi connectivity index (χ0v) is 9.90. The second-order valence-corrected chi connectivity index (χ2v) is 4.12. The van der Waals surface area contributed by atoms with Gasteiger partial charge in [0.15, 0.2) is 0 Å². The number of unbranched alkanes of at least 4 members (excludes halogenated alkanes) is 2. The molecule has 1 rings (SSSR count). The van der Waals surface area contributed by atoms with Crippen molar-refractivity contribution in [2.24, 2.45) is 0 Å². The molecule has 0 amide bonds. The van der Waals surface area contributed by atoms with Gasteiger partial charge in [-0.1, -0.05) is 19.8 Å². The highest BCUT2D eigenvalue weighted by molar-refractivity contribution is 9.10. The third-order valence-corrected chi connectivity index (χ3v) is 2.64. The van der Waals surface area contributed by atoms with Crippen LogP contribution in [-0.2, 0) is 0 Å². The molecule has 0 heterocycles. The summed E-state index contributed by atoms with van der Waals surface area (Å²) < 4.78 is 13.4. The molecule has 0 spiro atoms. The molecule has 0 aliphatic heterocycles. The minimum Gasteiger partial charge on any atom is -0.385 e. The SMILES string of the molecule is CCCCCNc1ccc(F)c(Br)c1. The maximum Gasteiger partial charge on any atom is 0.137 e. The molecule has 0 aliphatic carbocycles. The van der Waals surface area contributed by atoms with E-state index in [9.17, 15) is 4.39 Å². The van der Waals surface area contributed by atoms with Gasteiger partial charge in [-0.05, 0) is 40.5 Å². The van der Waals surface area contributed by atoms with Crippen molar-refractivity contribution in [1.82, 2.24) is 0 Å². The van der Waals surface area contributed by atoms with Gasteiger partial charge in [-0.25, -0.2) is 4.39 Å². The lowest BCUT2D eigenvalue weighted by atomic mass is 10.2. The fourth-order valence-corrected chi connectivity index (χ4v) is 1.59. The third kappa shape index (κ3) is 3.66. The Balaban J connectivity index is 2.39. The number of hydrogen-bond donors (Lipinski definition) is 1. The van der Waals surface area contributed by atoms with E-state index in [-0.39, 0.29) is 5.82 Å². The van der Waals surface area contributed by atoms with Crippen molar-refractivity contribution in [3.63, 3.8) is 0 Å². The highest BCUT2D eigenvalue weighted by Crippen LogP contribution is 2.19. The molecule has 0 saturated heterocycles. The Bertz CT molecular complexity index is 289. The molecule has 0 aromatic heterocycles. The molecule has 14 heavy (non-hydrogen) atoms. The van der Waals surface area contributed by atoms with E-state index in [0.717, 1.165) is 18.7 Å². The molecule has 78 valence electrons. The molecule has 1 nitrogen and oxygen atoms in total. The topological polar surface area (TPSA) is 12.0 Å². The molecule has 0 unspecified atom stereocenters. The summed E-state index contributed by atoms with van der Waals surface area (Å²) in [5.74, 6) is -0.218. The lowest BCUT2D eigenvalue weighted by Gasteiger charge is -2.06. The van der Waals surface area contributed by atoms with Crippen LogP contribution in [0.5, 0.6) is 0 Å². The zero-order chi connectivity index (χ0) is 10.4. The fraction of sp³-hybridized carbons (Fsp3) is 0.455. The van der Waals surface area contributed by atoms with Gasteiger partial charge in [0, 0.05) is 12.2 Å². The van der Waals surface area contributed by atoms with Crippen molar-refractivity contribution in [3.05, 3.63) is 28.5 Å². The van der Waals surface area contributed by atoms with E-state index in [1.54, 1.807) is 12.1 Å². The summed E-state index contributed by atoms with van der Waals surface area (Å²) >= 11 is 3.15. The van der Waals surface area contributed by atoms with Crippen LogP contribution in [-0.4, -0.2) is 6.54 Å². The summed E-state index contributed by atoms with van der Waals surface area (Å²) in [5.41, 5.74) is 0.967. The zero-order valence-electron chi connectivity index (χ0n) is 8.32. The molecule has 0 radical (unpaired) electrons. The average Bonchev–Trinajstić information content (AvgIpc) is 2.18.